The Morgan fingerprint density at radius 1 is 0.818 bits per heavy atom. The average molecular weight is 376 g/mol. The van der Waals surface area contributed by atoms with E-state index in [1.807, 2.05) is 0 Å². The molecule has 0 radical (unpaired) electrons. The number of sulfone groups is 2. The minimum Gasteiger partial charge on any atom is -0.358 e. The zero-order valence-corrected chi connectivity index (χ0v) is 12.2. The highest BCUT2D eigenvalue weighted by atomic mass is 32.2. The lowest BCUT2D eigenvalue weighted by Gasteiger charge is -2.21. The Balaban J connectivity index is 2.58. The molecule has 0 spiro atoms. The Bertz CT molecular complexity index is 637. The summed E-state index contributed by atoms with van der Waals surface area (Å²) in [6.07, 6.45) is 1.93. The fourth-order valence-electron chi connectivity index (χ4n) is 1.39. The van der Waals surface area contributed by atoms with Gasteiger partial charge in [-0.2, -0.15) is 26.3 Å². The van der Waals surface area contributed by atoms with Crippen molar-refractivity contribution in [2.45, 2.75) is 11.0 Å². The summed E-state index contributed by atoms with van der Waals surface area (Å²) in [4.78, 5) is 1.64. The second-order valence-corrected chi connectivity index (χ2v) is 8.35. The van der Waals surface area contributed by atoms with Crippen molar-refractivity contribution in [3.63, 3.8) is 0 Å². The molecule has 1 heterocycles. The van der Waals surface area contributed by atoms with Gasteiger partial charge in [0.15, 0.2) is 0 Å². The predicted octanol–water partition coefficient (Wildman–Crippen LogP) is 0.859. The van der Waals surface area contributed by atoms with Crippen LogP contribution in [0.1, 0.15) is 0 Å². The second-order valence-electron chi connectivity index (χ2n) is 4.29. The van der Waals surface area contributed by atoms with Gasteiger partial charge in [0.1, 0.15) is 5.88 Å². The van der Waals surface area contributed by atoms with Crippen LogP contribution in [0.4, 0.5) is 26.3 Å². The number of halogens is 6. The van der Waals surface area contributed by atoms with Crippen LogP contribution in [0.3, 0.4) is 0 Å². The molecule has 0 amide bonds. The molecule has 0 N–H and O–H groups in total. The zero-order valence-electron chi connectivity index (χ0n) is 10.6. The van der Waals surface area contributed by atoms with Crippen molar-refractivity contribution in [1.82, 2.24) is 9.80 Å². The van der Waals surface area contributed by atoms with Crippen LogP contribution in [0.25, 0.3) is 0 Å². The predicted molar refractivity (Wildman–Crippen MR) is 62.2 cm³/mol. The maximum Gasteiger partial charge on any atom is 0.499 e. The molecule has 1 rings (SSSR count). The fourth-order valence-corrected chi connectivity index (χ4v) is 2.85. The van der Waals surface area contributed by atoms with Crippen LogP contribution < -0.4 is 0 Å². The first-order chi connectivity index (χ1) is 9.66. The van der Waals surface area contributed by atoms with Crippen LogP contribution in [0, 0.1) is 0 Å². The molecule has 0 atom stereocenters. The summed E-state index contributed by atoms with van der Waals surface area (Å²) in [5, 5.41) is 0. The first-order valence-corrected chi connectivity index (χ1v) is 8.71. The molecule has 0 saturated carbocycles. The summed E-state index contributed by atoms with van der Waals surface area (Å²) in [6.45, 7) is -1.11. The number of nitrogens with zero attached hydrogens (tertiary/aromatic N) is 2. The smallest absolute Gasteiger partial charge is 0.358 e. The highest BCUT2D eigenvalue weighted by Gasteiger charge is 2.47. The van der Waals surface area contributed by atoms with Crippen molar-refractivity contribution in [3.8, 4) is 0 Å². The lowest BCUT2D eigenvalue weighted by atomic mass is 10.6. The Kier molecular flexibility index (Phi) is 4.97. The van der Waals surface area contributed by atoms with Gasteiger partial charge in [-0.05, 0) is 0 Å². The summed E-state index contributed by atoms with van der Waals surface area (Å²) in [7, 11) is -10.8. The van der Waals surface area contributed by atoms with E-state index in [-0.39, 0.29) is 0 Å². The van der Waals surface area contributed by atoms with Crippen LogP contribution in [0.5, 0.6) is 0 Å². The van der Waals surface area contributed by atoms with E-state index in [0.29, 0.717) is 4.90 Å². The summed E-state index contributed by atoms with van der Waals surface area (Å²) in [6, 6.07) is 0. The van der Waals surface area contributed by atoms with E-state index in [1.54, 1.807) is 0 Å². The van der Waals surface area contributed by atoms with Gasteiger partial charge in [0, 0.05) is 18.9 Å². The van der Waals surface area contributed by atoms with Gasteiger partial charge in [-0.1, -0.05) is 0 Å². The Hall–Kier alpha value is -1.18. The van der Waals surface area contributed by atoms with Gasteiger partial charge in [-0.25, -0.2) is 16.8 Å². The first-order valence-electron chi connectivity index (χ1n) is 5.40. The van der Waals surface area contributed by atoms with Crippen molar-refractivity contribution < 1.29 is 43.2 Å². The van der Waals surface area contributed by atoms with Gasteiger partial charge in [-0.15, -0.1) is 0 Å². The monoisotopic (exact) mass is 376 g/mol. The minimum atomic E-state index is -5.45. The van der Waals surface area contributed by atoms with Crippen molar-refractivity contribution in [1.29, 1.82) is 0 Å². The molecular formula is C8H10F6N2O4S2. The van der Waals surface area contributed by atoms with Crippen molar-refractivity contribution in [2.24, 2.45) is 0 Å². The van der Waals surface area contributed by atoms with Crippen LogP contribution in [-0.2, 0) is 19.7 Å². The zero-order chi connectivity index (χ0) is 17.4. The summed E-state index contributed by atoms with van der Waals surface area (Å²) in [5.74, 6) is -2.70. The molecule has 0 fully saturated rings. The SMILES string of the molecule is O=S(=O)(CCN1C=CN(CS(=O)(=O)C(F)(F)F)C1)C(F)(F)F. The van der Waals surface area contributed by atoms with Crippen molar-refractivity contribution in [3.05, 3.63) is 12.4 Å². The molecule has 0 bridgehead atoms. The number of alkyl halides is 6. The average Bonchev–Trinajstić information content (AvgIpc) is 2.70. The Labute approximate surface area is 121 Å². The lowest BCUT2D eigenvalue weighted by molar-refractivity contribution is -0.0449. The van der Waals surface area contributed by atoms with Crippen LogP contribution in [0.2, 0.25) is 0 Å². The lowest BCUT2D eigenvalue weighted by Crippen LogP contribution is -2.37. The topological polar surface area (TPSA) is 74.8 Å². The molecule has 6 nitrogen and oxygen atoms in total. The molecule has 0 aromatic rings. The van der Waals surface area contributed by atoms with E-state index in [2.05, 4.69) is 0 Å². The van der Waals surface area contributed by atoms with Crippen molar-refractivity contribution >= 4 is 19.7 Å². The van der Waals surface area contributed by atoms with Crippen LogP contribution in [0.15, 0.2) is 12.4 Å². The standard InChI is InChI=1S/C8H10F6N2O4S2/c9-7(10,11)21(17,18)4-3-15-1-2-16(5-15)6-22(19,20)8(12,13)14/h1-2H,3-6H2. The van der Waals surface area contributed by atoms with Gasteiger partial charge >= 0.3 is 11.0 Å². The number of rotatable bonds is 5. The van der Waals surface area contributed by atoms with Gasteiger partial charge in [0.05, 0.1) is 12.4 Å². The third-order valence-corrected chi connectivity index (χ3v) is 5.34. The molecule has 0 aliphatic carbocycles. The molecule has 1 aliphatic heterocycles. The molecule has 0 saturated heterocycles. The third kappa shape index (κ3) is 4.41. The minimum absolute atomic E-state index is 0.470. The van der Waals surface area contributed by atoms with Crippen molar-refractivity contribution in [2.75, 3.05) is 24.8 Å². The quantitative estimate of drug-likeness (QED) is 0.663. The number of hydrogen-bond donors (Lipinski definition) is 0. The largest absolute Gasteiger partial charge is 0.499 e. The van der Waals surface area contributed by atoms with E-state index in [4.69, 9.17) is 0 Å². The molecule has 130 valence electrons. The van der Waals surface area contributed by atoms with Gasteiger partial charge < -0.3 is 9.80 Å². The molecule has 22 heavy (non-hydrogen) atoms. The Morgan fingerprint density at radius 2 is 1.27 bits per heavy atom. The fraction of sp³-hybridized carbons (Fsp3) is 0.750. The number of hydrogen-bond acceptors (Lipinski definition) is 6. The normalized spacial score (nSPS) is 17.4. The van der Waals surface area contributed by atoms with E-state index >= 15 is 0 Å². The van der Waals surface area contributed by atoms with E-state index in [1.165, 1.54) is 0 Å². The van der Waals surface area contributed by atoms with E-state index in [9.17, 15) is 43.2 Å². The van der Waals surface area contributed by atoms with Crippen LogP contribution in [-0.4, -0.2) is 62.5 Å². The summed E-state index contributed by atoms with van der Waals surface area (Å²) in [5.41, 5.74) is -10.9. The third-order valence-electron chi connectivity index (χ3n) is 2.54. The first kappa shape index (κ1) is 18.9. The maximum atomic E-state index is 12.2. The highest BCUT2D eigenvalue weighted by molar-refractivity contribution is 7.92. The molecule has 0 unspecified atom stereocenters. The van der Waals surface area contributed by atoms with Crippen LogP contribution >= 0.6 is 0 Å². The molecule has 14 heteroatoms. The molecular weight excluding hydrogens is 366 g/mol. The van der Waals surface area contributed by atoms with Gasteiger partial charge in [0.25, 0.3) is 9.84 Å². The molecule has 0 aromatic heterocycles. The second kappa shape index (κ2) is 5.79. The maximum absolute atomic E-state index is 12.2. The highest BCUT2D eigenvalue weighted by Crippen LogP contribution is 2.26. The Morgan fingerprint density at radius 3 is 1.73 bits per heavy atom. The van der Waals surface area contributed by atoms with E-state index in [0.717, 1.165) is 17.3 Å². The summed E-state index contributed by atoms with van der Waals surface area (Å²) < 4.78 is 116. The molecule has 1 aliphatic rings. The van der Waals surface area contributed by atoms with Gasteiger partial charge in [0.2, 0.25) is 9.84 Å². The molecule has 0 aromatic carbocycles. The van der Waals surface area contributed by atoms with Gasteiger partial charge in [-0.3, -0.25) is 0 Å². The van der Waals surface area contributed by atoms with E-state index < -0.39 is 55.5 Å². The summed E-state index contributed by atoms with van der Waals surface area (Å²) >= 11 is 0.